The minimum absolute atomic E-state index is 0.809. The Morgan fingerprint density at radius 1 is 1.12 bits per heavy atom. The summed E-state index contributed by atoms with van der Waals surface area (Å²) >= 11 is 6.14. The van der Waals surface area contributed by atoms with Crippen LogP contribution in [0.15, 0.2) is 49.2 Å². The van der Waals surface area contributed by atoms with Crippen LogP contribution in [0.1, 0.15) is 0 Å². The molecule has 0 saturated heterocycles. The van der Waals surface area contributed by atoms with Crippen LogP contribution in [0.5, 0.6) is 0 Å². The molecule has 0 N–H and O–H groups in total. The highest BCUT2D eigenvalue weighted by Crippen LogP contribution is 2.24. The van der Waals surface area contributed by atoms with Crippen molar-refractivity contribution in [2.45, 2.75) is 13.1 Å². The van der Waals surface area contributed by atoms with Gasteiger partial charge in [-0.3, -0.25) is 0 Å². The maximum absolute atomic E-state index is 6.14. The fraction of sp³-hybridized carbons (Fsp3) is 0.154. The molecular weight excluding hydrogens is 234 g/mol. The molecule has 0 amide bonds. The molecule has 86 valence electrons. The Morgan fingerprint density at radius 3 is 2.88 bits per heavy atom. The summed E-state index contributed by atoms with van der Waals surface area (Å²) in [6.45, 7) is 1.83. The molecule has 3 nitrogen and oxygen atoms in total. The Bertz CT molecular complexity index is 625. The zero-order valence-electron chi connectivity index (χ0n) is 9.25. The summed E-state index contributed by atoms with van der Waals surface area (Å²) in [4.78, 5) is 4.03. The normalized spacial score (nSPS) is 11.1. The van der Waals surface area contributed by atoms with E-state index < -0.39 is 0 Å². The van der Waals surface area contributed by atoms with E-state index in [2.05, 4.69) is 32.4 Å². The van der Waals surface area contributed by atoms with Gasteiger partial charge in [-0.25, -0.2) is 4.98 Å². The Morgan fingerprint density at radius 2 is 2.06 bits per heavy atom. The molecule has 4 heteroatoms. The second-order valence-corrected chi connectivity index (χ2v) is 4.39. The zero-order chi connectivity index (χ0) is 11.7. The molecule has 0 fully saturated rings. The van der Waals surface area contributed by atoms with Crippen LogP contribution in [-0.4, -0.2) is 14.1 Å². The fourth-order valence-corrected chi connectivity index (χ4v) is 2.26. The van der Waals surface area contributed by atoms with Crippen molar-refractivity contribution in [2.24, 2.45) is 0 Å². The molecule has 0 atom stereocenters. The summed E-state index contributed by atoms with van der Waals surface area (Å²) in [6, 6.07) is 8.06. The molecular formula is C13H12ClN3. The number of halogens is 1. The van der Waals surface area contributed by atoms with E-state index in [4.69, 9.17) is 11.6 Å². The van der Waals surface area contributed by atoms with Crippen molar-refractivity contribution in [3.63, 3.8) is 0 Å². The third kappa shape index (κ3) is 1.94. The van der Waals surface area contributed by atoms with Gasteiger partial charge in [0.2, 0.25) is 0 Å². The van der Waals surface area contributed by atoms with Gasteiger partial charge in [0, 0.05) is 47.6 Å². The van der Waals surface area contributed by atoms with Crippen LogP contribution in [0.2, 0.25) is 5.02 Å². The van der Waals surface area contributed by atoms with E-state index >= 15 is 0 Å². The Labute approximate surface area is 104 Å². The van der Waals surface area contributed by atoms with Crippen molar-refractivity contribution in [2.75, 3.05) is 0 Å². The summed E-state index contributed by atoms with van der Waals surface area (Å²) < 4.78 is 4.28. The molecule has 3 rings (SSSR count). The van der Waals surface area contributed by atoms with Gasteiger partial charge in [-0.1, -0.05) is 17.7 Å². The second-order valence-electron chi connectivity index (χ2n) is 3.98. The van der Waals surface area contributed by atoms with Crippen molar-refractivity contribution in [1.29, 1.82) is 0 Å². The standard InChI is InChI=1S/C13H12ClN3/c14-12-2-1-3-13-11(12)4-6-17(13)9-8-16-7-5-15-10-16/h1-7,10H,8-9H2. The topological polar surface area (TPSA) is 22.8 Å². The second kappa shape index (κ2) is 4.26. The van der Waals surface area contributed by atoms with Gasteiger partial charge in [0.1, 0.15) is 0 Å². The summed E-state index contributed by atoms with van der Waals surface area (Å²) in [5.74, 6) is 0. The number of benzene rings is 1. The average molecular weight is 246 g/mol. The lowest BCUT2D eigenvalue weighted by Gasteiger charge is -2.06. The van der Waals surface area contributed by atoms with E-state index in [1.807, 2.05) is 24.7 Å². The lowest BCUT2D eigenvalue weighted by Crippen LogP contribution is -2.04. The number of imidazole rings is 1. The van der Waals surface area contributed by atoms with Crippen LogP contribution >= 0.6 is 11.6 Å². The van der Waals surface area contributed by atoms with Crippen LogP contribution in [0.4, 0.5) is 0 Å². The smallest absolute Gasteiger partial charge is 0.0946 e. The van der Waals surface area contributed by atoms with Gasteiger partial charge >= 0.3 is 0 Å². The van der Waals surface area contributed by atoms with Crippen LogP contribution in [0.3, 0.4) is 0 Å². The SMILES string of the molecule is Clc1cccc2c1ccn2CCn1ccnc1. The molecule has 2 aromatic heterocycles. The number of hydrogen-bond donors (Lipinski definition) is 0. The van der Waals surface area contributed by atoms with Crippen LogP contribution < -0.4 is 0 Å². The molecule has 0 radical (unpaired) electrons. The largest absolute Gasteiger partial charge is 0.346 e. The number of aryl methyl sites for hydroxylation is 2. The molecule has 0 aliphatic heterocycles. The summed E-state index contributed by atoms with van der Waals surface area (Å²) in [7, 11) is 0. The molecule has 17 heavy (non-hydrogen) atoms. The Hall–Kier alpha value is -1.74. The fourth-order valence-electron chi connectivity index (χ4n) is 2.02. The van der Waals surface area contributed by atoms with E-state index in [-0.39, 0.29) is 0 Å². The van der Waals surface area contributed by atoms with E-state index in [9.17, 15) is 0 Å². The van der Waals surface area contributed by atoms with Crippen molar-refractivity contribution in [3.05, 3.63) is 54.2 Å². The highest BCUT2D eigenvalue weighted by molar-refractivity contribution is 6.35. The molecule has 0 bridgehead atoms. The van der Waals surface area contributed by atoms with Gasteiger partial charge < -0.3 is 9.13 Å². The molecule has 0 spiro atoms. The molecule has 0 saturated carbocycles. The minimum Gasteiger partial charge on any atom is -0.346 e. The van der Waals surface area contributed by atoms with Gasteiger partial charge in [0.15, 0.2) is 0 Å². The third-order valence-electron chi connectivity index (χ3n) is 2.92. The highest BCUT2D eigenvalue weighted by atomic mass is 35.5. The van der Waals surface area contributed by atoms with Gasteiger partial charge in [-0.05, 0) is 18.2 Å². The summed E-state index contributed by atoms with van der Waals surface area (Å²) in [5, 5.41) is 1.92. The van der Waals surface area contributed by atoms with E-state index in [0.717, 1.165) is 23.5 Å². The van der Waals surface area contributed by atoms with E-state index in [1.54, 1.807) is 6.20 Å². The number of nitrogens with zero attached hydrogens (tertiary/aromatic N) is 3. The summed E-state index contributed by atoms with van der Waals surface area (Å²) in [5.41, 5.74) is 1.18. The molecule has 0 aliphatic rings. The van der Waals surface area contributed by atoms with Crippen molar-refractivity contribution < 1.29 is 0 Å². The first-order chi connectivity index (χ1) is 8.34. The third-order valence-corrected chi connectivity index (χ3v) is 3.25. The van der Waals surface area contributed by atoms with E-state index in [1.165, 1.54) is 5.52 Å². The summed E-state index contributed by atoms with van der Waals surface area (Å²) in [6.07, 6.45) is 7.68. The molecule has 3 aromatic rings. The molecule has 1 aromatic carbocycles. The maximum Gasteiger partial charge on any atom is 0.0946 e. The van der Waals surface area contributed by atoms with Crippen molar-refractivity contribution in [1.82, 2.24) is 14.1 Å². The first kappa shape index (κ1) is 10.4. The van der Waals surface area contributed by atoms with Crippen LogP contribution in [0.25, 0.3) is 10.9 Å². The number of fused-ring (bicyclic) bond motifs is 1. The number of hydrogen-bond acceptors (Lipinski definition) is 1. The van der Waals surface area contributed by atoms with Gasteiger partial charge in [0.25, 0.3) is 0 Å². The first-order valence-corrected chi connectivity index (χ1v) is 5.91. The lowest BCUT2D eigenvalue weighted by molar-refractivity contribution is 0.592. The van der Waals surface area contributed by atoms with Gasteiger partial charge in [-0.2, -0.15) is 0 Å². The predicted octanol–water partition coefficient (Wildman–Crippen LogP) is 3.19. The molecule has 0 unspecified atom stereocenters. The van der Waals surface area contributed by atoms with Gasteiger partial charge in [0.05, 0.1) is 6.33 Å². The van der Waals surface area contributed by atoms with Gasteiger partial charge in [-0.15, -0.1) is 0 Å². The lowest BCUT2D eigenvalue weighted by atomic mass is 10.2. The van der Waals surface area contributed by atoms with Crippen LogP contribution in [0, 0.1) is 0 Å². The highest BCUT2D eigenvalue weighted by Gasteiger charge is 2.03. The monoisotopic (exact) mass is 245 g/mol. The van der Waals surface area contributed by atoms with Crippen molar-refractivity contribution in [3.8, 4) is 0 Å². The zero-order valence-corrected chi connectivity index (χ0v) is 10.0. The Kier molecular flexibility index (Phi) is 2.61. The molecule has 0 aliphatic carbocycles. The number of aromatic nitrogens is 3. The van der Waals surface area contributed by atoms with E-state index in [0.29, 0.717) is 0 Å². The Balaban J connectivity index is 1.88. The maximum atomic E-state index is 6.14. The van der Waals surface area contributed by atoms with Crippen molar-refractivity contribution >= 4 is 22.5 Å². The predicted molar refractivity (Wildman–Crippen MR) is 69.2 cm³/mol. The quantitative estimate of drug-likeness (QED) is 0.695. The minimum atomic E-state index is 0.809. The average Bonchev–Trinajstić information content (AvgIpc) is 2.95. The molecule has 2 heterocycles. The number of rotatable bonds is 3. The van der Waals surface area contributed by atoms with Crippen LogP contribution in [-0.2, 0) is 13.1 Å². The first-order valence-electron chi connectivity index (χ1n) is 5.54.